The summed E-state index contributed by atoms with van der Waals surface area (Å²) >= 11 is 5.50. The summed E-state index contributed by atoms with van der Waals surface area (Å²) in [5, 5.41) is 3.10. The van der Waals surface area contributed by atoms with E-state index in [1.807, 2.05) is 0 Å². The van der Waals surface area contributed by atoms with Crippen LogP contribution in [0, 0.1) is 0 Å². The molecule has 1 aliphatic heterocycles. The van der Waals surface area contributed by atoms with E-state index in [2.05, 4.69) is 16.6 Å². The number of methoxy groups -OCH3 is 1. The van der Waals surface area contributed by atoms with E-state index in [1.165, 1.54) is 0 Å². The lowest BCUT2D eigenvalue weighted by molar-refractivity contribution is 0.129. The van der Waals surface area contributed by atoms with Gasteiger partial charge in [-0.05, 0) is 0 Å². The van der Waals surface area contributed by atoms with Crippen molar-refractivity contribution >= 4 is 17.9 Å². The molecule has 1 unspecified atom stereocenters. The molecule has 4 heteroatoms. The quantitative estimate of drug-likeness (QED) is 0.547. The summed E-state index contributed by atoms with van der Waals surface area (Å²) in [4.78, 5) is 3.61. The number of rotatable bonds is 1. The van der Waals surface area contributed by atoms with Crippen LogP contribution >= 0.6 is 11.6 Å². The predicted octanol–water partition coefficient (Wildman–Crippen LogP) is 0.548. The maximum Gasteiger partial charge on any atom is 0.172 e. The number of nitrogens with one attached hydrogen (secondary N) is 1. The maximum absolute atomic E-state index is 5.50. The molecule has 1 N–H and O–H groups in total. The monoisotopic (exact) mass is 145 g/mol. The first-order valence-electron chi connectivity index (χ1n) is 2.44. The molecular weight excluding hydrogens is 140 g/mol. The molecular formula is C5H6ClN2O. The molecule has 0 aliphatic carbocycles. The minimum absolute atomic E-state index is 0.185. The van der Waals surface area contributed by atoms with Crippen molar-refractivity contribution in [3.8, 4) is 0 Å². The van der Waals surface area contributed by atoms with E-state index in [0.717, 1.165) is 0 Å². The van der Waals surface area contributed by atoms with Crippen LogP contribution in [0.25, 0.3) is 0 Å². The van der Waals surface area contributed by atoms with Gasteiger partial charge >= 0.3 is 0 Å². The van der Waals surface area contributed by atoms with Crippen LogP contribution in [-0.4, -0.2) is 19.7 Å². The highest BCUT2D eigenvalue weighted by Crippen LogP contribution is 2.06. The Balaban J connectivity index is 2.55. The standard InChI is InChI=1S/C5H6ClN2O/c1-9-5-2-4(6)7-3-8-5/h2,5H,1H3,(H,7,8). The number of halogens is 1. The van der Waals surface area contributed by atoms with Crippen LogP contribution in [0.15, 0.2) is 16.2 Å². The number of aliphatic imine (C=N–C) groups is 1. The van der Waals surface area contributed by atoms with Crippen LogP contribution in [-0.2, 0) is 4.74 Å². The topological polar surface area (TPSA) is 33.6 Å². The average Bonchev–Trinajstić information content (AvgIpc) is 1.88. The first-order valence-corrected chi connectivity index (χ1v) is 2.82. The van der Waals surface area contributed by atoms with Gasteiger partial charge in [-0.1, -0.05) is 11.6 Å². The van der Waals surface area contributed by atoms with Gasteiger partial charge in [0.25, 0.3) is 0 Å². The Labute approximate surface area is 58.4 Å². The third kappa shape index (κ3) is 1.69. The van der Waals surface area contributed by atoms with Crippen LogP contribution in [0.2, 0.25) is 0 Å². The fourth-order valence-corrected chi connectivity index (χ4v) is 0.637. The number of nitrogens with zero attached hydrogens (tertiary/aromatic N) is 1. The van der Waals surface area contributed by atoms with Gasteiger partial charge in [-0.2, -0.15) is 0 Å². The van der Waals surface area contributed by atoms with E-state index in [4.69, 9.17) is 16.3 Å². The number of hydrogen-bond acceptors (Lipinski definition) is 3. The summed E-state index contributed by atoms with van der Waals surface area (Å²) in [6.07, 6.45) is 3.95. The van der Waals surface area contributed by atoms with Crippen LogP contribution in [0.3, 0.4) is 0 Å². The Morgan fingerprint density at radius 3 is 3.22 bits per heavy atom. The number of ether oxygens (including phenoxy) is 1. The van der Waals surface area contributed by atoms with Crippen molar-refractivity contribution < 1.29 is 4.74 Å². The van der Waals surface area contributed by atoms with E-state index in [0.29, 0.717) is 5.16 Å². The molecule has 0 spiro atoms. The van der Waals surface area contributed by atoms with E-state index < -0.39 is 0 Å². The van der Waals surface area contributed by atoms with Gasteiger partial charge < -0.3 is 10.1 Å². The zero-order chi connectivity index (χ0) is 6.69. The lowest BCUT2D eigenvalue weighted by atomic mass is 10.5. The fourth-order valence-electron chi connectivity index (χ4n) is 0.480. The van der Waals surface area contributed by atoms with Gasteiger partial charge in [0.2, 0.25) is 0 Å². The minimum Gasteiger partial charge on any atom is -0.358 e. The highest BCUT2D eigenvalue weighted by atomic mass is 35.5. The SMILES string of the molecule is COC1C=C(Cl)N=[C]N1. The van der Waals surface area contributed by atoms with Gasteiger partial charge in [-0.3, -0.25) is 0 Å². The van der Waals surface area contributed by atoms with Crippen molar-refractivity contribution in [2.45, 2.75) is 6.23 Å². The van der Waals surface area contributed by atoms with E-state index in [-0.39, 0.29) is 6.23 Å². The maximum atomic E-state index is 5.50. The fraction of sp³-hybridized carbons (Fsp3) is 0.400. The Bertz CT molecular complexity index is 155. The zero-order valence-electron chi connectivity index (χ0n) is 4.89. The van der Waals surface area contributed by atoms with Crippen molar-refractivity contribution in [1.82, 2.24) is 5.32 Å². The van der Waals surface area contributed by atoms with Crippen LogP contribution in [0.5, 0.6) is 0 Å². The zero-order valence-corrected chi connectivity index (χ0v) is 5.64. The highest BCUT2D eigenvalue weighted by Gasteiger charge is 2.05. The molecule has 3 nitrogen and oxygen atoms in total. The third-order valence-corrected chi connectivity index (χ3v) is 1.12. The average molecular weight is 146 g/mol. The Morgan fingerprint density at radius 2 is 2.78 bits per heavy atom. The van der Waals surface area contributed by atoms with Crippen molar-refractivity contribution in [2.75, 3.05) is 7.11 Å². The summed E-state index contributed by atoms with van der Waals surface area (Å²) in [6.45, 7) is 0. The van der Waals surface area contributed by atoms with E-state index in [9.17, 15) is 0 Å². The van der Waals surface area contributed by atoms with Crippen molar-refractivity contribution in [1.29, 1.82) is 0 Å². The molecule has 0 aromatic rings. The van der Waals surface area contributed by atoms with Gasteiger partial charge in [-0.25, -0.2) is 4.99 Å². The largest absolute Gasteiger partial charge is 0.358 e. The normalized spacial score (nSPS) is 25.1. The minimum atomic E-state index is -0.185. The second-order valence-electron chi connectivity index (χ2n) is 1.51. The lowest BCUT2D eigenvalue weighted by Crippen LogP contribution is -2.29. The second-order valence-corrected chi connectivity index (χ2v) is 1.90. The summed E-state index contributed by atoms with van der Waals surface area (Å²) in [7, 11) is 1.57. The first-order chi connectivity index (χ1) is 4.33. The predicted molar refractivity (Wildman–Crippen MR) is 35.3 cm³/mol. The molecule has 0 aromatic carbocycles. The van der Waals surface area contributed by atoms with Gasteiger partial charge in [0.15, 0.2) is 12.6 Å². The molecule has 0 fully saturated rings. The van der Waals surface area contributed by atoms with E-state index >= 15 is 0 Å². The molecule has 0 bridgehead atoms. The molecule has 0 saturated carbocycles. The van der Waals surface area contributed by atoms with Crippen molar-refractivity contribution in [2.24, 2.45) is 4.99 Å². The third-order valence-electron chi connectivity index (χ3n) is 0.912. The molecule has 1 atom stereocenters. The van der Waals surface area contributed by atoms with Gasteiger partial charge in [-0.15, -0.1) is 0 Å². The highest BCUT2D eigenvalue weighted by molar-refractivity contribution is 6.29. The molecule has 9 heavy (non-hydrogen) atoms. The molecule has 1 radical (unpaired) electrons. The smallest absolute Gasteiger partial charge is 0.172 e. The summed E-state index contributed by atoms with van der Waals surface area (Å²) in [5.74, 6) is 0. The summed E-state index contributed by atoms with van der Waals surface area (Å²) in [6, 6.07) is 0. The second kappa shape index (κ2) is 2.85. The molecule has 0 amide bonds. The van der Waals surface area contributed by atoms with Crippen LogP contribution in [0.1, 0.15) is 0 Å². The van der Waals surface area contributed by atoms with Gasteiger partial charge in [0, 0.05) is 13.2 Å². The Kier molecular flexibility index (Phi) is 2.08. The molecule has 1 heterocycles. The lowest BCUT2D eigenvalue weighted by Gasteiger charge is -2.12. The van der Waals surface area contributed by atoms with Crippen LogP contribution < -0.4 is 5.32 Å². The summed E-state index contributed by atoms with van der Waals surface area (Å²) in [5.41, 5.74) is 0. The molecule has 1 aliphatic rings. The van der Waals surface area contributed by atoms with Crippen molar-refractivity contribution in [3.05, 3.63) is 11.2 Å². The van der Waals surface area contributed by atoms with E-state index in [1.54, 1.807) is 13.2 Å². The van der Waals surface area contributed by atoms with Crippen molar-refractivity contribution in [3.63, 3.8) is 0 Å². The van der Waals surface area contributed by atoms with Gasteiger partial charge in [0.05, 0.1) is 0 Å². The first kappa shape index (κ1) is 6.58. The summed E-state index contributed by atoms with van der Waals surface area (Å²) < 4.78 is 4.87. The van der Waals surface area contributed by atoms with Crippen LogP contribution in [0.4, 0.5) is 0 Å². The van der Waals surface area contributed by atoms with Gasteiger partial charge in [0.1, 0.15) is 5.16 Å². The number of hydrogen-bond donors (Lipinski definition) is 1. The molecule has 0 aromatic heterocycles. The molecule has 0 saturated heterocycles. The molecule has 1 rings (SSSR count). The molecule has 49 valence electrons. The Morgan fingerprint density at radius 1 is 2.00 bits per heavy atom. The Hall–Kier alpha value is -0.540.